The van der Waals surface area contributed by atoms with Crippen LogP contribution < -0.4 is 5.32 Å². The van der Waals surface area contributed by atoms with Gasteiger partial charge in [-0.3, -0.25) is 10.1 Å². The van der Waals surface area contributed by atoms with E-state index in [0.717, 1.165) is 11.1 Å². The zero-order valence-electron chi connectivity index (χ0n) is 10.3. The molecule has 0 spiro atoms. The Morgan fingerprint density at radius 2 is 2.05 bits per heavy atom. The number of nitro groups is 1. The molecule has 2 aromatic rings. The number of aromatic nitrogens is 1. The lowest BCUT2D eigenvalue weighted by Crippen LogP contribution is -2.04. The lowest BCUT2D eigenvalue weighted by Gasteiger charge is -2.06. The molecule has 0 aliphatic rings. The first-order valence-corrected chi connectivity index (χ1v) is 6.03. The predicted molar refractivity (Wildman–Crippen MR) is 74.4 cm³/mol. The van der Waals surface area contributed by atoms with Crippen molar-refractivity contribution in [1.82, 2.24) is 4.98 Å². The Balaban J connectivity index is 2.15. The van der Waals surface area contributed by atoms with Crippen molar-refractivity contribution in [3.63, 3.8) is 0 Å². The summed E-state index contributed by atoms with van der Waals surface area (Å²) < 4.78 is 0. The predicted octanol–water partition coefficient (Wildman–Crippen LogP) is 3.56. The Bertz CT molecular complexity index is 599. The maximum atomic E-state index is 10.9. The average molecular weight is 278 g/mol. The molecule has 1 aromatic carbocycles. The topological polar surface area (TPSA) is 68.1 Å². The SMILES string of the molecule is Cc1cnc(NCc2ccc(Cl)cc2)c([N+](=O)[O-])c1. The number of hydrogen-bond acceptors (Lipinski definition) is 4. The van der Waals surface area contributed by atoms with E-state index in [1.165, 1.54) is 6.07 Å². The first-order chi connectivity index (χ1) is 9.06. The van der Waals surface area contributed by atoms with Crippen LogP contribution in [-0.4, -0.2) is 9.91 Å². The molecule has 0 amide bonds. The third kappa shape index (κ3) is 3.42. The minimum Gasteiger partial charge on any atom is -0.360 e. The number of aryl methyl sites for hydroxylation is 1. The molecule has 1 N–H and O–H groups in total. The molecule has 1 heterocycles. The van der Waals surface area contributed by atoms with Crippen LogP contribution in [-0.2, 0) is 6.54 Å². The highest BCUT2D eigenvalue weighted by atomic mass is 35.5. The lowest BCUT2D eigenvalue weighted by molar-refractivity contribution is -0.384. The van der Waals surface area contributed by atoms with Crippen LogP contribution in [0.25, 0.3) is 0 Å². The molecule has 98 valence electrons. The molecule has 0 aliphatic carbocycles. The zero-order valence-corrected chi connectivity index (χ0v) is 11.0. The standard InChI is InChI=1S/C13H12ClN3O2/c1-9-6-12(17(18)19)13(15-7-9)16-8-10-2-4-11(14)5-3-10/h2-7H,8H2,1H3,(H,15,16). The van der Waals surface area contributed by atoms with Gasteiger partial charge in [0.1, 0.15) is 0 Å². The van der Waals surface area contributed by atoms with Crippen LogP contribution >= 0.6 is 11.6 Å². The summed E-state index contributed by atoms with van der Waals surface area (Å²) in [5.41, 5.74) is 1.71. The van der Waals surface area contributed by atoms with Gasteiger partial charge >= 0.3 is 5.69 Å². The van der Waals surface area contributed by atoms with Crippen LogP contribution in [0.5, 0.6) is 0 Å². The van der Waals surface area contributed by atoms with Crippen LogP contribution in [0.3, 0.4) is 0 Å². The summed E-state index contributed by atoms with van der Waals surface area (Å²) in [6, 6.07) is 8.76. The molecule has 6 heteroatoms. The largest absolute Gasteiger partial charge is 0.360 e. The van der Waals surface area contributed by atoms with Crippen molar-refractivity contribution in [2.45, 2.75) is 13.5 Å². The average Bonchev–Trinajstić information content (AvgIpc) is 2.39. The fourth-order valence-corrected chi connectivity index (χ4v) is 1.74. The van der Waals surface area contributed by atoms with Gasteiger partial charge in [0.05, 0.1) is 4.92 Å². The number of rotatable bonds is 4. The highest BCUT2D eigenvalue weighted by molar-refractivity contribution is 6.30. The molecule has 19 heavy (non-hydrogen) atoms. The highest BCUT2D eigenvalue weighted by Crippen LogP contribution is 2.23. The summed E-state index contributed by atoms with van der Waals surface area (Å²) in [7, 11) is 0. The van der Waals surface area contributed by atoms with E-state index in [1.54, 1.807) is 25.3 Å². The Labute approximate surface area is 115 Å². The minimum absolute atomic E-state index is 0.0195. The number of pyridine rings is 1. The van der Waals surface area contributed by atoms with E-state index in [9.17, 15) is 10.1 Å². The second kappa shape index (κ2) is 5.67. The second-order valence-corrected chi connectivity index (χ2v) is 4.55. The maximum absolute atomic E-state index is 10.9. The van der Waals surface area contributed by atoms with Crippen LogP contribution in [0.15, 0.2) is 36.5 Å². The zero-order chi connectivity index (χ0) is 13.8. The van der Waals surface area contributed by atoms with Crippen molar-refractivity contribution in [3.8, 4) is 0 Å². The first kappa shape index (κ1) is 13.3. The normalized spacial score (nSPS) is 10.2. The molecule has 1 aromatic heterocycles. The Kier molecular flexibility index (Phi) is 3.97. The van der Waals surface area contributed by atoms with Gasteiger partial charge in [-0.15, -0.1) is 0 Å². The fourth-order valence-electron chi connectivity index (χ4n) is 1.62. The quantitative estimate of drug-likeness (QED) is 0.685. The number of nitrogens with one attached hydrogen (secondary N) is 1. The van der Waals surface area contributed by atoms with Crippen LogP contribution in [0.1, 0.15) is 11.1 Å². The lowest BCUT2D eigenvalue weighted by atomic mass is 10.2. The summed E-state index contributed by atoms with van der Waals surface area (Å²) in [6.45, 7) is 2.22. The van der Waals surface area contributed by atoms with Gasteiger partial charge in [0.2, 0.25) is 5.82 Å². The van der Waals surface area contributed by atoms with E-state index >= 15 is 0 Å². The second-order valence-electron chi connectivity index (χ2n) is 4.12. The van der Waals surface area contributed by atoms with Gasteiger partial charge in [-0.05, 0) is 30.2 Å². The van der Waals surface area contributed by atoms with E-state index in [-0.39, 0.29) is 11.5 Å². The maximum Gasteiger partial charge on any atom is 0.311 e. The molecule has 0 fully saturated rings. The van der Waals surface area contributed by atoms with E-state index in [4.69, 9.17) is 11.6 Å². The van der Waals surface area contributed by atoms with Crippen LogP contribution in [0.2, 0.25) is 5.02 Å². The van der Waals surface area contributed by atoms with Gasteiger partial charge in [-0.25, -0.2) is 4.98 Å². The van der Waals surface area contributed by atoms with Crippen molar-refractivity contribution in [1.29, 1.82) is 0 Å². The molecule has 2 rings (SSSR count). The molecular formula is C13H12ClN3O2. The smallest absolute Gasteiger partial charge is 0.311 e. The summed E-state index contributed by atoms with van der Waals surface area (Å²) >= 11 is 5.79. The molecule has 0 saturated heterocycles. The van der Waals surface area contributed by atoms with Gasteiger partial charge in [-0.1, -0.05) is 23.7 Å². The van der Waals surface area contributed by atoms with Crippen molar-refractivity contribution < 1.29 is 4.92 Å². The van der Waals surface area contributed by atoms with Gasteiger partial charge in [-0.2, -0.15) is 0 Å². The van der Waals surface area contributed by atoms with Crippen molar-refractivity contribution in [2.75, 3.05) is 5.32 Å². The van der Waals surface area contributed by atoms with E-state index < -0.39 is 4.92 Å². The fraction of sp³-hybridized carbons (Fsp3) is 0.154. The molecule has 0 aliphatic heterocycles. The number of anilines is 1. The summed E-state index contributed by atoms with van der Waals surface area (Å²) in [5, 5.41) is 14.6. The van der Waals surface area contributed by atoms with Crippen LogP contribution in [0.4, 0.5) is 11.5 Å². The van der Waals surface area contributed by atoms with Gasteiger partial charge in [0, 0.05) is 23.8 Å². The number of halogens is 1. The number of nitrogens with zero attached hydrogens (tertiary/aromatic N) is 2. The van der Waals surface area contributed by atoms with Gasteiger partial charge in [0.25, 0.3) is 0 Å². The molecular weight excluding hydrogens is 266 g/mol. The molecule has 0 saturated carbocycles. The summed E-state index contributed by atoms with van der Waals surface area (Å²) in [5.74, 6) is 0.269. The molecule has 0 bridgehead atoms. The highest BCUT2D eigenvalue weighted by Gasteiger charge is 2.14. The number of hydrogen-bond donors (Lipinski definition) is 1. The van der Waals surface area contributed by atoms with E-state index in [1.807, 2.05) is 12.1 Å². The summed E-state index contributed by atoms with van der Waals surface area (Å²) in [6.07, 6.45) is 1.59. The van der Waals surface area contributed by atoms with Gasteiger partial charge in [0.15, 0.2) is 0 Å². The van der Waals surface area contributed by atoms with Crippen molar-refractivity contribution in [3.05, 3.63) is 62.8 Å². The van der Waals surface area contributed by atoms with E-state index in [2.05, 4.69) is 10.3 Å². The Hall–Kier alpha value is -2.14. The van der Waals surface area contributed by atoms with Crippen LogP contribution in [0, 0.1) is 17.0 Å². The third-order valence-corrected chi connectivity index (χ3v) is 2.83. The number of benzene rings is 1. The minimum atomic E-state index is -0.440. The monoisotopic (exact) mass is 277 g/mol. The van der Waals surface area contributed by atoms with Crippen molar-refractivity contribution >= 4 is 23.1 Å². The van der Waals surface area contributed by atoms with Crippen molar-refractivity contribution in [2.24, 2.45) is 0 Å². The first-order valence-electron chi connectivity index (χ1n) is 5.65. The Morgan fingerprint density at radius 1 is 1.37 bits per heavy atom. The third-order valence-electron chi connectivity index (χ3n) is 2.57. The Morgan fingerprint density at radius 3 is 2.68 bits per heavy atom. The summed E-state index contributed by atoms with van der Waals surface area (Å²) in [4.78, 5) is 14.6. The molecule has 0 atom stereocenters. The molecule has 0 unspecified atom stereocenters. The van der Waals surface area contributed by atoms with E-state index in [0.29, 0.717) is 11.6 Å². The molecule has 0 radical (unpaired) electrons. The molecule has 5 nitrogen and oxygen atoms in total. The van der Waals surface area contributed by atoms with Gasteiger partial charge < -0.3 is 5.32 Å².